The first-order chi connectivity index (χ1) is 11.1. The Labute approximate surface area is 139 Å². The maximum Gasteiger partial charge on any atom is 0.408 e. The zero-order valence-electron chi connectivity index (χ0n) is 14.0. The zero-order chi connectivity index (χ0) is 18.3. The summed E-state index contributed by atoms with van der Waals surface area (Å²) in [5, 5.41) is 11.6. The summed E-state index contributed by atoms with van der Waals surface area (Å²) in [6, 6.07) is 4.66. The van der Waals surface area contributed by atoms with E-state index in [1.54, 1.807) is 20.8 Å². The first-order valence-electron chi connectivity index (χ1n) is 7.14. The van der Waals surface area contributed by atoms with Gasteiger partial charge in [0.1, 0.15) is 11.4 Å². The highest BCUT2D eigenvalue weighted by atomic mass is 16.6. The number of benzene rings is 1. The molecule has 0 radical (unpaired) electrons. The quantitative estimate of drug-likeness (QED) is 0.761. The number of methoxy groups -OCH3 is 1. The van der Waals surface area contributed by atoms with Crippen molar-refractivity contribution in [2.75, 3.05) is 13.7 Å². The van der Waals surface area contributed by atoms with Gasteiger partial charge in [0.25, 0.3) is 0 Å². The molecule has 0 spiro atoms. The van der Waals surface area contributed by atoms with Crippen LogP contribution in [0.25, 0.3) is 0 Å². The minimum Gasteiger partial charge on any atom is -0.482 e. The van der Waals surface area contributed by atoms with Crippen LogP contribution in [-0.2, 0) is 19.1 Å². The van der Waals surface area contributed by atoms with Crippen molar-refractivity contribution in [3.05, 3.63) is 29.8 Å². The first kappa shape index (κ1) is 19.3. The third kappa shape index (κ3) is 6.55. The van der Waals surface area contributed by atoms with Crippen molar-refractivity contribution in [1.82, 2.24) is 5.32 Å². The van der Waals surface area contributed by atoms with Crippen LogP contribution in [-0.4, -0.2) is 42.5 Å². The van der Waals surface area contributed by atoms with Gasteiger partial charge in [0.2, 0.25) is 0 Å². The van der Waals surface area contributed by atoms with Crippen LogP contribution in [0.5, 0.6) is 5.75 Å². The van der Waals surface area contributed by atoms with Gasteiger partial charge in [-0.05, 0) is 38.5 Å². The second-order valence-corrected chi connectivity index (χ2v) is 5.85. The van der Waals surface area contributed by atoms with Crippen molar-refractivity contribution in [2.24, 2.45) is 0 Å². The molecule has 8 nitrogen and oxygen atoms in total. The number of esters is 1. The summed E-state index contributed by atoms with van der Waals surface area (Å²) < 4.78 is 14.7. The molecule has 1 atom stereocenters. The number of carboxylic acid groups (broad SMARTS) is 1. The Hall–Kier alpha value is -2.77. The molecule has 24 heavy (non-hydrogen) atoms. The highest BCUT2D eigenvalue weighted by Gasteiger charge is 2.25. The Morgan fingerprint density at radius 2 is 1.75 bits per heavy atom. The molecule has 1 aromatic rings. The maximum absolute atomic E-state index is 11.8. The third-order valence-electron chi connectivity index (χ3n) is 2.71. The van der Waals surface area contributed by atoms with E-state index in [0.29, 0.717) is 11.3 Å². The number of carbonyl (C=O) groups excluding carboxylic acids is 2. The molecule has 0 aromatic heterocycles. The van der Waals surface area contributed by atoms with E-state index in [2.05, 4.69) is 10.1 Å². The molecule has 0 aliphatic heterocycles. The Kier molecular flexibility index (Phi) is 6.58. The van der Waals surface area contributed by atoms with E-state index in [-0.39, 0.29) is 6.61 Å². The van der Waals surface area contributed by atoms with E-state index in [0.717, 1.165) is 0 Å². The van der Waals surface area contributed by atoms with Crippen molar-refractivity contribution in [1.29, 1.82) is 0 Å². The van der Waals surface area contributed by atoms with Gasteiger partial charge in [-0.25, -0.2) is 14.4 Å². The predicted octanol–water partition coefficient (Wildman–Crippen LogP) is 1.89. The largest absolute Gasteiger partial charge is 0.482 e. The van der Waals surface area contributed by atoms with Crippen LogP contribution >= 0.6 is 0 Å². The summed E-state index contributed by atoms with van der Waals surface area (Å²) in [6.07, 6.45) is -0.832. The Morgan fingerprint density at radius 3 is 2.21 bits per heavy atom. The number of hydrogen-bond donors (Lipinski definition) is 2. The lowest BCUT2D eigenvalue weighted by Crippen LogP contribution is -2.38. The van der Waals surface area contributed by atoms with Crippen LogP contribution in [0.2, 0.25) is 0 Å². The molecule has 1 unspecified atom stereocenters. The van der Waals surface area contributed by atoms with E-state index in [9.17, 15) is 19.5 Å². The third-order valence-corrected chi connectivity index (χ3v) is 2.71. The fourth-order valence-electron chi connectivity index (χ4n) is 1.67. The van der Waals surface area contributed by atoms with Gasteiger partial charge < -0.3 is 24.6 Å². The summed E-state index contributed by atoms with van der Waals surface area (Å²) in [4.78, 5) is 34.1. The van der Waals surface area contributed by atoms with Gasteiger partial charge in [-0.3, -0.25) is 0 Å². The van der Waals surface area contributed by atoms with Gasteiger partial charge in [-0.15, -0.1) is 0 Å². The van der Waals surface area contributed by atoms with E-state index in [4.69, 9.17) is 9.47 Å². The molecule has 0 saturated heterocycles. The van der Waals surface area contributed by atoms with E-state index in [1.807, 2.05) is 0 Å². The number of nitrogens with one attached hydrogen (secondary N) is 1. The fourth-order valence-corrected chi connectivity index (χ4v) is 1.67. The minimum absolute atomic E-state index is 0.256. The van der Waals surface area contributed by atoms with Crippen LogP contribution in [0.3, 0.4) is 0 Å². The van der Waals surface area contributed by atoms with E-state index >= 15 is 0 Å². The molecule has 8 heteroatoms. The van der Waals surface area contributed by atoms with Crippen molar-refractivity contribution >= 4 is 18.0 Å². The number of ether oxygens (including phenoxy) is 3. The van der Waals surface area contributed by atoms with Crippen LogP contribution in [0.4, 0.5) is 4.79 Å². The van der Waals surface area contributed by atoms with Gasteiger partial charge in [-0.1, -0.05) is 12.1 Å². The second kappa shape index (κ2) is 8.19. The van der Waals surface area contributed by atoms with Crippen molar-refractivity contribution < 1.29 is 33.7 Å². The summed E-state index contributed by atoms with van der Waals surface area (Å²) in [5.41, 5.74) is -0.405. The lowest BCUT2D eigenvalue weighted by Gasteiger charge is -2.22. The average Bonchev–Trinajstić information content (AvgIpc) is 2.49. The lowest BCUT2D eigenvalue weighted by atomic mass is 10.1. The van der Waals surface area contributed by atoms with Gasteiger partial charge >= 0.3 is 18.0 Å². The number of rotatable bonds is 6. The molecule has 1 rings (SSSR count). The van der Waals surface area contributed by atoms with Crippen molar-refractivity contribution in [3.63, 3.8) is 0 Å². The molecule has 0 heterocycles. The summed E-state index contributed by atoms with van der Waals surface area (Å²) >= 11 is 0. The monoisotopic (exact) mass is 339 g/mol. The Morgan fingerprint density at radius 1 is 1.17 bits per heavy atom. The summed E-state index contributed by atoms with van der Waals surface area (Å²) in [6.45, 7) is 4.77. The smallest absolute Gasteiger partial charge is 0.408 e. The fraction of sp³-hybridized carbons (Fsp3) is 0.438. The van der Waals surface area contributed by atoms with Crippen LogP contribution < -0.4 is 10.1 Å². The molecule has 0 fully saturated rings. The lowest BCUT2D eigenvalue weighted by molar-refractivity contribution is -0.143. The van der Waals surface area contributed by atoms with E-state index < -0.39 is 29.7 Å². The molecular formula is C16H21NO7. The topological polar surface area (TPSA) is 111 Å². The number of carboxylic acids is 1. The molecular weight excluding hydrogens is 318 g/mol. The zero-order valence-corrected chi connectivity index (χ0v) is 14.0. The standard InChI is InChI=1S/C16H21NO7/c1-16(2,3)24-15(21)17-13(14(19)20)10-5-7-11(8-6-10)23-9-12(18)22-4/h5-8,13H,9H2,1-4H3,(H,17,21)(H,19,20). The maximum atomic E-state index is 11.8. The SMILES string of the molecule is COC(=O)COc1ccc(C(NC(=O)OC(C)(C)C)C(=O)O)cc1. The van der Waals surface area contributed by atoms with Gasteiger partial charge in [0.15, 0.2) is 12.6 Å². The summed E-state index contributed by atoms with van der Waals surface area (Å²) in [5.74, 6) is -1.40. The molecule has 0 aliphatic rings. The molecule has 0 aliphatic carbocycles. The predicted molar refractivity (Wildman–Crippen MR) is 83.7 cm³/mol. The molecule has 132 valence electrons. The molecule has 0 bridgehead atoms. The first-order valence-corrected chi connectivity index (χ1v) is 7.14. The summed E-state index contributed by atoms with van der Waals surface area (Å²) in [7, 11) is 1.24. The number of aliphatic carboxylic acids is 1. The average molecular weight is 339 g/mol. The molecule has 0 saturated carbocycles. The van der Waals surface area contributed by atoms with Gasteiger partial charge in [0.05, 0.1) is 7.11 Å². The van der Waals surface area contributed by atoms with Gasteiger partial charge in [0, 0.05) is 0 Å². The molecule has 2 N–H and O–H groups in total. The number of amides is 1. The second-order valence-electron chi connectivity index (χ2n) is 5.85. The van der Waals surface area contributed by atoms with Crippen molar-refractivity contribution in [2.45, 2.75) is 32.4 Å². The van der Waals surface area contributed by atoms with Crippen molar-refractivity contribution in [3.8, 4) is 5.75 Å². The highest BCUT2D eigenvalue weighted by molar-refractivity contribution is 5.81. The van der Waals surface area contributed by atoms with Crippen LogP contribution in [0.1, 0.15) is 32.4 Å². The van der Waals surface area contributed by atoms with Crippen LogP contribution in [0.15, 0.2) is 24.3 Å². The Balaban J connectivity index is 2.77. The number of alkyl carbamates (subject to hydrolysis) is 1. The van der Waals surface area contributed by atoms with Gasteiger partial charge in [-0.2, -0.15) is 0 Å². The minimum atomic E-state index is -1.27. The number of hydrogen-bond acceptors (Lipinski definition) is 6. The highest BCUT2D eigenvalue weighted by Crippen LogP contribution is 2.19. The normalized spacial score (nSPS) is 12.0. The Bertz CT molecular complexity index is 589. The number of carbonyl (C=O) groups is 3. The molecule has 1 amide bonds. The van der Waals surface area contributed by atoms with E-state index in [1.165, 1.54) is 31.4 Å². The molecule has 1 aromatic carbocycles. The van der Waals surface area contributed by atoms with Crippen LogP contribution in [0, 0.1) is 0 Å².